The molecular formula is C13H17N3O. The van der Waals surface area contributed by atoms with Crippen LogP contribution in [0.1, 0.15) is 37.0 Å². The van der Waals surface area contributed by atoms with Crippen LogP contribution < -0.4 is 5.32 Å². The number of carbonyl (C=O) groups is 1. The quantitative estimate of drug-likeness (QED) is 0.790. The number of benzene rings is 1. The number of aromatic nitrogens is 2. The largest absolute Gasteiger partial charge is 0.355 e. The molecule has 1 amide bonds. The van der Waals surface area contributed by atoms with Crippen LogP contribution in [0.25, 0.3) is 11.0 Å². The summed E-state index contributed by atoms with van der Waals surface area (Å²) in [7, 11) is 1.63. The van der Waals surface area contributed by atoms with Crippen LogP contribution >= 0.6 is 0 Å². The third-order valence-corrected chi connectivity index (χ3v) is 2.68. The third kappa shape index (κ3) is 2.16. The van der Waals surface area contributed by atoms with Crippen LogP contribution in [0, 0.1) is 0 Å². The van der Waals surface area contributed by atoms with E-state index in [1.165, 1.54) is 0 Å². The van der Waals surface area contributed by atoms with Gasteiger partial charge in [0.1, 0.15) is 5.82 Å². The normalized spacial score (nSPS) is 11.8. The number of aromatic amines is 1. The van der Waals surface area contributed by atoms with Gasteiger partial charge in [-0.05, 0) is 18.2 Å². The molecule has 0 aliphatic heterocycles. The number of hydrogen-bond donors (Lipinski definition) is 2. The summed E-state index contributed by atoms with van der Waals surface area (Å²) in [6, 6.07) is 5.48. The standard InChI is InChI=1S/C13H17N3O/c1-13(2,3)12-15-9-6-5-8(11(17)14-4)7-10(9)16-12/h5-7H,1-4H3,(H,14,17)(H,15,16). The highest BCUT2D eigenvalue weighted by Gasteiger charge is 2.18. The molecule has 0 fully saturated rings. The zero-order chi connectivity index (χ0) is 12.6. The van der Waals surface area contributed by atoms with Gasteiger partial charge < -0.3 is 10.3 Å². The first-order valence-corrected chi connectivity index (χ1v) is 5.64. The summed E-state index contributed by atoms with van der Waals surface area (Å²) < 4.78 is 0. The van der Waals surface area contributed by atoms with Gasteiger partial charge in [-0.1, -0.05) is 20.8 Å². The maximum Gasteiger partial charge on any atom is 0.251 e. The fraction of sp³-hybridized carbons (Fsp3) is 0.385. The van der Waals surface area contributed by atoms with Crippen LogP contribution in [0.15, 0.2) is 18.2 Å². The van der Waals surface area contributed by atoms with E-state index >= 15 is 0 Å². The lowest BCUT2D eigenvalue weighted by Crippen LogP contribution is -2.17. The van der Waals surface area contributed by atoms with Gasteiger partial charge in [0.2, 0.25) is 0 Å². The van der Waals surface area contributed by atoms with E-state index < -0.39 is 0 Å². The molecule has 90 valence electrons. The zero-order valence-corrected chi connectivity index (χ0v) is 10.6. The second-order valence-electron chi connectivity index (χ2n) is 5.15. The summed E-state index contributed by atoms with van der Waals surface area (Å²) >= 11 is 0. The molecule has 0 radical (unpaired) electrons. The van der Waals surface area contributed by atoms with Gasteiger partial charge in [0, 0.05) is 18.0 Å². The molecule has 0 saturated heterocycles. The van der Waals surface area contributed by atoms with Crippen LogP contribution in [-0.4, -0.2) is 22.9 Å². The summed E-state index contributed by atoms with van der Waals surface area (Å²) in [6.07, 6.45) is 0. The molecule has 0 aliphatic carbocycles. The Labute approximate surface area is 100 Å². The molecule has 4 heteroatoms. The van der Waals surface area contributed by atoms with Gasteiger partial charge in [-0.25, -0.2) is 4.98 Å². The average molecular weight is 231 g/mol. The van der Waals surface area contributed by atoms with Gasteiger partial charge in [-0.2, -0.15) is 0 Å². The highest BCUT2D eigenvalue weighted by molar-refractivity contribution is 5.97. The van der Waals surface area contributed by atoms with Crippen molar-refractivity contribution < 1.29 is 4.79 Å². The number of rotatable bonds is 1. The predicted octanol–water partition coefficient (Wildman–Crippen LogP) is 2.22. The fourth-order valence-electron chi connectivity index (χ4n) is 1.65. The molecule has 0 aliphatic rings. The van der Waals surface area contributed by atoms with Gasteiger partial charge in [-0.3, -0.25) is 4.79 Å². The van der Waals surface area contributed by atoms with E-state index in [9.17, 15) is 4.79 Å². The Morgan fingerprint density at radius 2 is 2.06 bits per heavy atom. The van der Waals surface area contributed by atoms with Gasteiger partial charge in [-0.15, -0.1) is 0 Å². The van der Waals surface area contributed by atoms with Crippen molar-refractivity contribution in [1.82, 2.24) is 15.3 Å². The first-order chi connectivity index (χ1) is 7.91. The summed E-state index contributed by atoms with van der Waals surface area (Å²) in [5.41, 5.74) is 2.41. The Hall–Kier alpha value is -1.84. The molecule has 2 rings (SSSR count). The molecule has 0 saturated carbocycles. The first kappa shape index (κ1) is 11.6. The van der Waals surface area contributed by atoms with Crippen molar-refractivity contribution in [2.75, 3.05) is 7.05 Å². The van der Waals surface area contributed by atoms with E-state index in [0.717, 1.165) is 16.9 Å². The van der Waals surface area contributed by atoms with E-state index in [0.29, 0.717) is 5.56 Å². The lowest BCUT2D eigenvalue weighted by atomic mass is 9.96. The van der Waals surface area contributed by atoms with Crippen LogP contribution in [-0.2, 0) is 5.41 Å². The average Bonchev–Trinajstić information content (AvgIpc) is 2.70. The molecule has 4 nitrogen and oxygen atoms in total. The van der Waals surface area contributed by atoms with E-state index in [4.69, 9.17) is 0 Å². The second kappa shape index (κ2) is 3.87. The monoisotopic (exact) mass is 231 g/mol. The lowest BCUT2D eigenvalue weighted by molar-refractivity contribution is 0.0963. The number of amides is 1. The van der Waals surface area contributed by atoms with Crippen LogP contribution in [0.5, 0.6) is 0 Å². The maximum atomic E-state index is 11.5. The van der Waals surface area contributed by atoms with E-state index in [2.05, 4.69) is 36.1 Å². The smallest absolute Gasteiger partial charge is 0.251 e. The van der Waals surface area contributed by atoms with Gasteiger partial charge in [0.25, 0.3) is 5.91 Å². The van der Waals surface area contributed by atoms with Crippen LogP contribution in [0.4, 0.5) is 0 Å². The number of imidazole rings is 1. The van der Waals surface area contributed by atoms with E-state index in [-0.39, 0.29) is 11.3 Å². The summed E-state index contributed by atoms with van der Waals surface area (Å²) in [5, 5.41) is 2.61. The molecular weight excluding hydrogens is 214 g/mol. The van der Waals surface area contributed by atoms with Crippen molar-refractivity contribution in [2.45, 2.75) is 26.2 Å². The highest BCUT2D eigenvalue weighted by atomic mass is 16.1. The molecule has 0 atom stereocenters. The first-order valence-electron chi connectivity index (χ1n) is 5.64. The van der Waals surface area contributed by atoms with Crippen molar-refractivity contribution in [3.8, 4) is 0 Å². The van der Waals surface area contributed by atoms with Crippen molar-refractivity contribution in [3.63, 3.8) is 0 Å². The minimum absolute atomic E-state index is 0.0216. The second-order valence-corrected chi connectivity index (χ2v) is 5.15. The Morgan fingerprint density at radius 3 is 2.65 bits per heavy atom. The molecule has 0 unspecified atom stereocenters. The minimum Gasteiger partial charge on any atom is -0.355 e. The van der Waals surface area contributed by atoms with Crippen LogP contribution in [0.2, 0.25) is 0 Å². The number of nitrogens with one attached hydrogen (secondary N) is 2. The van der Waals surface area contributed by atoms with E-state index in [1.54, 1.807) is 13.1 Å². The fourth-order valence-corrected chi connectivity index (χ4v) is 1.65. The van der Waals surface area contributed by atoms with Gasteiger partial charge in [0.05, 0.1) is 11.0 Å². The molecule has 1 heterocycles. The molecule has 2 N–H and O–H groups in total. The molecule has 0 bridgehead atoms. The summed E-state index contributed by atoms with van der Waals surface area (Å²) in [4.78, 5) is 19.3. The van der Waals surface area contributed by atoms with Crippen molar-refractivity contribution in [2.24, 2.45) is 0 Å². The van der Waals surface area contributed by atoms with Crippen LogP contribution in [0.3, 0.4) is 0 Å². The number of hydrogen-bond acceptors (Lipinski definition) is 2. The van der Waals surface area contributed by atoms with Gasteiger partial charge >= 0.3 is 0 Å². The molecule has 1 aromatic carbocycles. The Bertz CT molecular complexity index is 564. The number of fused-ring (bicyclic) bond motifs is 1. The highest BCUT2D eigenvalue weighted by Crippen LogP contribution is 2.22. The number of nitrogens with zero attached hydrogens (tertiary/aromatic N) is 1. The van der Waals surface area contributed by atoms with Crippen molar-refractivity contribution >= 4 is 16.9 Å². The zero-order valence-electron chi connectivity index (χ0n) is 10.6. The summed E-state index contributed by atoms with van der Waals surface area (Å²) in [6.45, 7) is 6.30. The van der Waals surface area contributed by atoms with Crippen molar-refractivity contribution in [1.29, 1.82) is 0 Å². The van der Waals surface area contributed by atoms with Gasteiger partial charge in [0.15, 0.2) is 0 Å². The third-order valence-electron chi connectivity index (χ3n) is 2.68. The topological polar surface area (TPSA) is 57.8 Å². The lowest BCUT2D eigenvalue weighted by Gasteiger charge is -2.13. The number of carbonyl (C=O) groups excluding carboxylic acids is 1. The molecule has 2 aromatic rings. The maximum absolute atomic E-state index is 11.5. The minimum atomic E-state index is -0.0844. The Morgan fingerprint density at radius 1 is 1.35 bits per heavy atom. The van der Waals surface area contributed by atoms with E-state index in [1.807, 2.05) is 12.1 Å². The molecule has 0 spiro atoms. The Balaban J connectivity index is 2.52. The Kier molecular flexibility index (Phi) is 2.65. The number of H-pyrrole nitrogens is 1. The molecule has 1 aromatic heterocycles. The molecule has 17 heavy (non-hydrogen) atoms. The SMILES string of the molecule is CNC(=O)c1ccc2nc(C(C)(C)C)[nH]c2c1. The van der Waals surface area contributed by atoms with Crippen molar-refractivity contribution in [3.05, 3.63) is 29.6 Å². The summed E-state index contributed by atoms with van der Waals surface area (Å²) in [5.74, 6) is 0.848. The predicted molar refractivity (Wildman–Crippen MR) is 68.2 cm³/mol.